The number of rotatable bonds is 10. The van der Waals surface area contributed by atoms with E-state index in [1.165, 1.54) is 0 Å². The molecule has 4 rings (SSSR count). The van der Waals surface area contributed by atoms with E-state index in [2.05, 4.69) is 0 Å². The Morgan fingerprint density at radius 1 is 0.750 bits per heavy atom. The van der Waals surface area contributed by atoms with Crippen molar-refractivity contribution < 1.29 is 24.1 Å². The summed E-state index contributed by atoms with van der Waals surface area (Å²) < 4.78 is 23.7. The summed E-state index contributed by atoms with van der Waals surface area (Å²) >= 11 is 6.61. The number of benzene rings is 3. The predicted octanol–water partition coefficient (Wildman–Crippen LogP) is 4.66. The lowest BCUT2D eigenvalue weighted by molar-refractivity contribution is -0.211. The molecule has 3 aromatic rings. The molecule has 0 spiro atoms. The average molecular weight is 455 g/mol. The van der Waals surface area contributed by atoms with Crippen molar-refractivity contribution in [3.8, 4) is 0 Å². The molecule has 3 aromatic carbocycles. The lowest BCUT2D eigenvalue weighted by Crippen LogP contribution is -2.42. The monoisotopic (exact) mass is 454 g/mol. The minimum absolute atomic E-state index is 0.199. The molecule has 1 fully saturated rings. The van der Waals surface area contributed by atoms with Crippen LogP contribution in [0.3, 0.4) is 0 Å². The molecule has 0 radical (unpaired) electrons. The van der Waals surface area contributed by atoms with Crippen LogP contribution in [0, 0.1) is 0 Å². The summed E-state index contributed by atoms with van der Waals surface area (Å²) in [5, 5.41) is 9.26. The van der Waals surface area contributed by atoms with Gasteiger partial charge in [0, 0.05) is 0 Å². The van der Waals surface area contributed by atoms with E-state index in [0.717, 1.165) is 16.7 Å². The highest BCUT2D eigenvalue weighted by atomic mass is 35.5. The first-order valence-corrected chi connectivity index (χ1v) is 11.0. The Bertz CT molecular complexity index is 940. The number of halogens is 1. The van der Waals surface area contributed by atoms with Crippen LogP contribution < -0.4 is 0 Å². The van der Waals surface area contributed by atoms with E-state index in [1.807, 2.05) is 91.0 Å². The van der Waals surface area contributed by atoms with Gasteiger partial charge in [0.15, 0.2) is 6.10 Å². The van der Waals surface area contributed by atoms with E-state index < -0.39 is 23.6 Å². The summed E-state index contributed by atoms with van der Waals surface area (Å²) in [5.41, 5.74) is 2.96. The third-order valence-electron chi connectivity index (χ3n) is 5.30. The molecular weight excluding hydrogens is 428 g/mol. The summed E-state index contributed by atoms with van der Waals surface area (Å²) in [6.45, 7) is 1.13. The van der Waals surface area contributed by atoms with Crippen LogP contribution in [0.4, 0.5) is 0 Å². The molecule has 1 heterocycles. The van der Waals surface area contributed by atoms with Gasteiger partial charge in [-0.3, -0.25) is 0 Å². The highest BCUT2D eigenvalue weighted by Gasteiger charge is 2.56. The maximum Gasteiger partial charge on any atom is 0.279 e. The van der Waals surface area contributed by atoms with E-state index in [-0.39, 0.29) is 13.2 Å². The third-order valence-corrected chi connectivity index (χ3v) is 5.72. The van der Waals surface area contributed by atoms with Gasteiger partial charge >= 0.3 is 0 Å². The molecule has 1 aliphatic heterocycles. The van der Waals surface area contributed by atoms with Crippen molar-refractivity contribution in [2.24, 2.45) is 0 Å². The van der Waals surface area contributed by atoms with E-state index in [4.69, 9.17) is 30.5 Å². The molecule has 1 N–H and O–H groups in total. The van der Waals surface area contributed by atoms with Gasteiger partial charge in [0.25, 0.3) is 5.25 Å². The standard InChI is InChI=1S/C26H27ClO5/c27-26(31-18-22-14-8-3-9-15-22)25(28)24(30-17-21-12-6-2-7-13-21)23(32-26)19-29-16-20-10-4-1-5-11-20/h1-15,23-25,28H,16-19H2/t23-,24-,25+,26-/m1/s1. The van der Waals surface area contributed by atoms with Gasteiger partial charge in [-0.05, 0) is 16.7 Å². The first kappa shape index (κ1) is 22.9. The van der Waals surface area contributed by atoms with Crippen molar-refractivity contribution in [2.75, 3.05) is 6.61 Å². The average Bonchev–Trinajstić information content (AvgIpc) is 3.08. The summed E-state index contributed by atoms with van der Waals surface area (Å²) in [7, 11) is 0. The van der Waals surface area contributed by atoms with Gasteiger partial charge < -0.3 is 24.1 Å². The zero-order valence-corrected chi connectivity index (χ0v) is 18.4. The topological polar surface area (TPSA) is 57.2 Å². The fourth-order valence-corrected chi connectivity index (χ4v) is 3.87. The van der Waals surface area contributed by atoms with Gasteiger partial charge in [-0.2, -0.15) is 0 Å². The fourth-order valence-electron chi connectivity index (χ4n) is 3.58. The second kappa shape index (κ2) is 11.1. The molecule has 168 valence electrons. The molecule has 1 saturated heterocycles. The number of ether oxygens (including phenoxy) is 4. The minimum Gasteiger partial charge on any atom is -0.383 e. The Labute approximate surface area is 193 Å². The van der Waals surface area contributed by atoms with E-state index in [9.17, 15) is 5.11 Å². The van der Waals surface area contributed by atoms with Crippen LogP contribution in [0.15, 0.2) is 91.0 Å². The first-order valence-electron chi connectivity index (χ1n) is 10.6. The van der Waals surface area contributed by atoms with Crippen molar-refractivity contribution in [3.63, 3.8) is 0 Å². The van der Waals surface area contributed by atoms with Crippen molar-refractivity contribution in [2.45, 2.75) is 43.4 Å². The molecule has 0 aromatic heterocycles. The van der Waals surface area contributed by atoms with Crippen LogP contribution in [-0.2, 0) is 38.8 Å². The van der Waals surface area contributed by atoms with Crippen LogP contribution in [0.1, 0.15) is 16.7 Å². The summed E-state index contributed by atoms with van der Waals surface area (Å²) in [4.78, 5) is 0. The molecule has 4 atom stereocenters. The van der Waals surface area contributed by atoms with Crippen LogP contribution in [-0.4, -0.2) is 35.3 Å². The van der Waals surface area contributed by atoms with Gasteiger partial charge in [0.2, 0.25) is 0 Å². The molecule has 0 aliphatic carbocycles. The summed E-state index contributed by atoms with van der Waals surface area (Å²) in [6, 6.07) is 29.2. The zero-order chi connectivity index (χ0) is 22.2. The molecule has 6 heteroatoms. The maximum atomic E-state index is 11.0. The Morgan fingerprint density at radius 3 is 1.81 bits per heavy atom. The van der Waals surface area contributed by atoms with Crippen LogP contribution in [0.5, 0.6) is 0 Å². The van der Waals surface area contributed by atoms with Crippen LogP contribution >= 0.6 is 11.6 Å². The second-order valence-electron chi connectivity index (χ2n) is 7.72. The minimum atomic E-state index is -1.72. The number of hydrogen-bond donors (Lipinski definition) is 1. The number of aliphatic hydroxyl groups excluding tert-OH is 1. The van der Waals surface area contributed by atoms with Crippen LogP contribution in [0.2, 0.25) is 0 Å². The van der Waals surface area contributed by atoms with E-state index in [0.29, 0.717) is 13.2 Å². The number of aliphatic hydroxyl groups is 1. The SMILES string of the molecule is O[C@H]1[C@H](OCc2ccccc2)[C@@H](COCc2ccccc2)O[C@]1(Cl)OCc1ccccc1. The highest BCUT2D eigenvalue weighted by Crippen LogP contribution is 2.39. The first-order chi connectivity index (χ1) is 15.6. The van der Waals surface area contributed by atoms with Gasteiger partial charge in [-0.15, -0.1) is 0 Å². The van der Waals surface area contributed by atoms with Gasteiger partial charge in [0.05, 0.1) is 26.4 Å². The summed E-state index contributed by atoms with van der Waals surface area (Å²) in [5.74, 6) is 0. The van der Waals surface area contributed by atoms with Gasteiger partial charge in [-0.25, -0.2) is 0 Å². The number of hydrogen-bond acceptors (Lipinski definition) is 5. The summed E-state index contributed by atoms with van der Waals surface area (Å²) in [6.07, 6.45) is -2.49. The Morgan fingerprint density at radius 2 is 1.25 bits per heavy atom. The predicted molar refractivity (Wildman–Crippen MR) is 122 cm³/mol. The van der Waals surface area contributed by atoms with E-state index >= 15 is 0 Å². The lowest BCUT2D eigenvalue weighted by atomic mass is 10.1. The smallest absolute Gasteiger partial charge is 0.279 e. The molecule has 0 bridgehead atoms. The molecule has 0 unspecified atom stereocenters. The van der Waals surface area contributed by atoms with Crippen molar-refractivity contribution in [1.29, 1.82) is 0 Å². The Hall–Kier alpha value is -2.25. The Kier molecular flexibility index (Phi) is 7.92. The highest BCUT2D eigenvalue weighted by molar-refractivity contribution is 6.22. The molecule has 0 amide bonds. The molecule has 0 saturated carbocycles. The molecule has 32 heavy (non-hydrogen) atoms. The Balaban J connectivity index is 1.41. The molecule has 5 nitrogen and oxygen atoms in total. The normalized spacial score (nSPS) is 25.1. The largest absolute Gasteiger partial charge is 0.383 e. The third kappa shape index (κ3) is 5.95. The van der Waals surface area contributed by atoms with Crippen molar-refractivity contribution in [3.05, 3.63) is 108 Å². The van der Waals surface area contributed by atoms with E-state index in [1.54, 1.807) is 0 Å². The lowest BCUT2D eigenvalue weighted by Gasteiger charge is -2.25. The second-order valence-corrected chi connectivity index (χ2v) is 8.25. The van der Waals surface area contributed by atoms with Crippen molar-refractivity contribution in [1.82, 2.24) is 0 Å². The quantitative estimate of drug-likeness (QED) is 0.451. The molecule has 1 aliphatic rings. The van der Waals surface area contributed by atoms with Crippen molar-refractivity contribution >= 4 is 11.6 Å². The fraction of sp³-hybridized carbons (Fsp3) is 0.308. The van der Waals surface area contributed by atoms with Crippen LogP contribution in [0.25, 0.3) is 0 Å². The number of alkyl halides is 1. The molecular formula is C26H27ClO5. The van der Waals surface area contributed by atoms with Gasteiger partial charge in [0.1, 0.15) is 12.2 Å². The van der Waals surface area contributed by atoms with Gasteiger partial charge in [-0.1, -0.05) is 103 Å². The maximum absolute atomic E-state index is 11.0. The zero-order valence-electron chi connectivity index (χ0n) is 17.7.